The van der Waals surface area contributed by atoms with E-state index in [1.54, 1.807) is 0 Å². The minimum absolute atomic E-state index is 0.113. The quantitative estimate of drug-likeness (QED) is 0.836. The van der Waals surface area contributed by atoms with Gasteiger partial charge in [-0.1, -0.05) is 23.2 Å². The van der Waals surface area contributed by atoms with E-state index in [-0.39, 0.29) is 16.0 Å². The number of nitrogens with zero attached hydrogens (tertiary/aromatic N) is 1. The number of hydrogen-bond donors (Lipinski definition) is 2. The molecule has 1 heterocycles. The highest BCUT2D eigenvalue weighted by Crippen LogP contribution is 2.28. The van der Waals surface area contributed by atoms with Crippen LogP contribution in [0.1, 0.15) is 13.8 Å². The van der Waals surface area contributed by atoms with Gasteiger partial charge in [-0.25, -0.2) is 4.39 Å². The summed E-state index contributed by atoms with van der Waals surface area (Å²) < 4.78 is 13.4. The zero-order valence-corrected chi connectivity index (χ0v) is 13.5. The van der Waals surface area contributed by atoms with Crippen molar-refractivity contribution in [2.45, 2.75) is 19.4 Å². The Bertz CT molecular complexity index is 522. The summed E-state index contributed by atoms with van der Waals surface area (Å²) >= 11 is 11.5. The van der Waals surface area contributed by atoms with E-state index in [2.05, 4.69) is 15.5 Å². The zero-order valence-electron chi connectivity index (χ0n) is 12.0. The Kier molecular flexibility index (Phi) is 5.09. The van der Waals surface area contributed by atoms with Crippen LogP contribution in [-0.2, 0) is 4.79 Å². The van der Waals surface area contributed by atoms with Crippen molar-refractivity contribution >= 4 is 34.8 Å². The Morgan fingerprint density at radius 3 is 2.33 bits per heavy atom. The number of halogens is 3. The van der Waals surface area contributed by atoms with Gasteiger partial charge in [0.1, 0.15) is 0 Å². The molecule has 1 aromatic rings. The van der Waals surface area contributed by atoms with Crippen molar-refractivity contribution in [3.63, 3.8) is 0 Å². The number of benzene rings is 1. The molecule has 1 saturated heterocycles. The molecular formula is C14H18Cl2FN3O. The molecule has 0 aromatic heterocycles. The lowest BCUT2D eigenvalue weighted by Gasteiger charge is -2.39. The molecule has 0 atom stereocenters. The average molecular weight is 334 g/mol. The van der Waals surface area contributed by atoms with Crippen LogP contribution in [0.25, 0.3) is 0 Å². The molecule has 0 spiro atoms. The summed E-state index contributed by atoms with van der Waals surface area (Å²) in [5.74, 6) is -0.860. The first-order valence-electron chi connectivity index (χ1n) is 6.74. The molecule has 1 aromatic carbocycles. The fraction of sp³-hybridized carbons (Fsp3) is 0.500. The topological polar surface area (TPSA) is 44.4 Å². The molecule has 7 heteroatoms. The Labute approximate surface area is 133 Å². The zero-order chi connectivity index (χ0) is 15.6. The van der Waals surface area contributed by atoms with E-state index < -0.39 is 11.4 Å². The van der Waals surface area contributed by atoms with E-state index >= 15 is 0 Å². The maximum absolute atomic E-state index is 13.4. The predicted molar refractivity (Wildman–Crippen MR) is 83.6 cm³/mol. The lowest BCUT2D eigenvalue weighted by Crippen LogP contribution is -2.58. The first-order valence-corrected chi connectivity index (χ1v) is 7.49. The molecule has 1 aliphatic rings. The highest BCUT2D eigenvalue weighted by atomic mass is 35.5. The van der Waals surface area contributed by atoms with Gasteiger partial charge < -0.3 is 10.6 Å². The van der Waals surface area contributed by atoms with Crippen molar-refractivity contribution in [1.29, 1.82) is 0 Å². The number of hydrogen-bond acceptors (Lipinski definition) is 3. The molecule has 1 aliphatic heterocycles. The molecule has 2 rings (SSSR count). The van der Waals surface area contributed by atoms with Crippen LogP contribution in [0.3, 0.4) is 0 Å². The highest BCUT2D eigenvalue weighted by molar-refractivity contribution is 6.35. The molecule has 4 nitrogen and oxygen atoms in total. The van der Waals surface area contributed by atoms with Gasteiger partial charge in [0.15, 0.2) is 5.82 Å². The molecule has 1 amide bonds. The Hall–Kier alpha value is -0.880. The van der Waals surface area contributed by atoms with Gasteiger partial charge in [-0.15, -0.1) is 0 Å². The van der Waals surface area contributed by atoms with Gasteiger partial charge in [0, 0.05) is 31.9 Å². The lowest BCUT2D eigenvalue weighted by molar-refractivity contribution is -0.126. The molecule has 2 N–H and O–H groups in total. The predicted octanol–water partition coefficient (Wildman–Crippen LogP) is 2.75. The van der Waals surface area contributed by atoms with Crippen LogP contribution >= 0.6 is 23.2 Å². The summed E-state index contributed by atoms with van der Waals surface area (Å²) in [6, 6.07) is 2.71. The van der Waals surface area contributed by atoms with Crippen molar-refractivity contribution in [3.05, 3.63) is 28.0 Å². The summed E-state index contributed by atoms with van der Waals surface area (Å²) in [5, 5.41) is 5.77. The van der Waals surface area contributed by atoms with E-state index in [4.69, 9.17) is 23.2 Å². The second-order valence-electron chi connectivity index (χ2n) is 5.50. The SMILES string of the molecule is CC(C)(C(=O)Nc1cc(Cl)c(F)c(Cl)c1)N1CCNCC1. The molecule has 116 valence electrons. The summed E-state index contributed by atoms with van der Waals surface area (Å²) in [5.41, 5.74) is -0.283. The number of carbonyl (C=O) groups is 1. The second kappa shape index (κ2) is 6.48. The molecule has 21 heavy (non-hydrogen) atoms. The maximum atomic E-state index is 13.4. The molecule has 1 fully saturated rings. The normalized spacial score (nSPS) is 16.8. The fourth-order valence-corrected chi connectivity index (χ4v) is 2.77. The molecule has 0 saturated carbocycles. The maximum Gasteiger partial charge on any atom is 0.244 e. The standard InChI is InChI=1S/C14H18Cl2FN3O/c1-14(2,20-5-3-18-4-6-20)13(21)19-9-7-10(15)12(17)11(16)8-9/h7-8,18H,3-6H2,1-2H3,(H,19,21). The van der Waals surface area contributed by atoms with Crippen molar-refractivity contribution < 1.29 is 9.18 Å². The van der Waals surface area contributed by atoms with E-state index in [9.17, 15) is 9.18 Å². The average Bonchev–Trinajstić information content (AvgIpc) is 2.45. The Morgan fingerprint density at radius 1 is 1.29 bits per heavy atom. The minimum Gasteiger partial charge on any atom is -0.324 e. The minimum atomic E-state index is -0.683. The van der Waals surface area contributed by atoms with Crippen LogP contribution in [0, 0.1) is 5.82 Å². The third-order valence-corrected chi connectivity index (χ3v) is 4.25. The molecule has 0 aliphatic carbocycles. The largest absolute Gasteiger partial charge is 0.324 e. The number of carbonyl (C=O) groups excluding carboxylic acids is 1. The van der Waals surface area contributed by atoms with E-state index in [0.717, 1.165) is 26.2 Å². The number of piperazine rings is 1. The number of anilines is 1. The first-order chi connectivity index (χ1) is 9.82. The van der Waals surface area contributed by atoms with Crippen LogP contribution in [0.5, 0.6) is 0 Å². The molecule has 0 unspecified atom stereocenters. The molecule has 0 bridgehead atoms. The van der Waals surface area contributed by atoms with Gasteiger partial charge in [-0.3, -0.25) is 9.69 Å². The van der Waals surface area contributed by atoms with Gasteiger partial charge in [0.2, 0.25) is 5.91 Å². The van der Waals surface area contributed by atoms with Crippen LogP contribution in [0.15, 0.2) is 12.1 Å². The molecule has 0 radical (unpaired) electrons. The van der Waals surface area contributed by atoms with Crippen molar-refractivity contribution in [2.75, 3.05) is 31.5 Å². The summed E-state index contributed by atoms with van der Waals surface area (Å²) in [4.78, 5) is 14.6. The molecular weight excluding hydrogens is 316 g/mol. The van der Waals surface area contributed by atoms with Crippen molar-refractivity contribution in [3.8, 4) is 0 Å². The highest BCUT2D eigenvalue weighted by Gasteiger charge is 2.35. The summed E-state index contributed by atoms with van der Waals surface area (Å²) in [6.07, 6.45) is 0. The van der Waals surface area contributed by atoms with Crippen LogP contribution in [0.4, 0.5) is 10.1 Å². The van der Waals surface area contributed by atoms with E-state index in [1.807, 2.05) is 13.8 Å². The van der Waals surface area contributed by atoms with Crippen LogP contribution in [-0.4, -0.2) is 42.5 Å². The number of rotatable bonds is 3. The van der Waals surface area contributed by atoms with Crippen molar-refractivity contribution in [1.82, 2.24) is 10.2 Å². The second-order valence-corrected chi connectivity index (χ2v) is 6.32. The van der Waals surface area contributed by atoms with Crippen molar-refractivity contribution in [2.24, 2.45) is 0 Å². The third-order valence-electron chi connectivity index (χ3n) is 3.70. The van der Waals surface area contributed by atoms with E-state index in [1.165, 1.54) is 12.1 Å². The summed E-state index contributed by atoms with van der Waals surface area (Å²) in [6.45, 7) is 7.02. The van der Waals surface area contributed by atoms with Gasteiger partial charge >= 0.3 is 0 Å². The van der Waals surface area contributed by atoms with Crippen LogP contribution < -0.4 is 10.6 Å². The monoisotopic (exact) mass is 333 g/mol. The fourth-order valence-electron chi connectivity index (χ4n) is 2.28. The smallest absolute Gasteiger partial charge is 0.244 e. The van der Waals surface area contributed by atoms with Gasteiger partial charge in [-0.2, -0.15) is 0 Å². The van der Waals surface area contributed by atoms with Gasteiger partial charge in [0.25, 0.3) is 0 Å². The number of nitrogens with one attached hydrogen (secondary N) is 2. The first kappa shape index (κ1) is 16.5. The van der Waals surface area contributed by atoms with Gasteiger partial charge in [-0.05, 0) is 26.0 Å². The lowest BCUT2D eigenvalue weighted by atomic mass is 10.0. The number of amides is 1. The Balaban J connectivity index is 2.13. The Morgan fingerprint density at radius 2 is 1.81 bits per heavy atom. The van der Waals surface area contributed by atoms with Crippen LogP contribution in [0.2, 0.25) is 10.0 Å². The van der Waals surface area contributed by atoms with Gasteiger partial charge in [0.05, 0.1) is 15.6 Å². The third kappa shape index (κ3) is 3.66. The summed E-state index contributed by atoms with van der Waals surface area (Å²) in [7, 11) is 0. The van der Waals surface area contributed by atoms with E-state index in [0.29, 0.717) is 5.69 Å².